The van der Waals surface area contributed by atoms with Crippen LogP contribution >= 0.6 is 0 Å². The van der Waals surface area contributed by atoms with Crippen molar-refractivity contribution in [2.75, 3.05) is 33.7 Å². The quantitative estimate of drug-likeness (QED) is 0.778. The summed E-state index contributed by atoms with van der Waals surface area (Å²) in [6.07, 6.45) is 2.95. The molecule has 1 N–H and O–H groups in total. The van der Waals surface area contributed by atoms with Crippen LogP contribution in [0, 0.1) is 0 Å². The van der Waals surface area contributed by atoms with Gasteiger partial charge < -0.3 is 15.1 Å². The van der Waals surface area contributed by atoms with E-state index in [1.165, 1.54) is 6.42 Å². The van der Waals surface area contributed by atoms with E-state index in [1.54, 1.807) is 0 Å². The third-order valence-corrected chi connectivity index (χ3v) is 3.43. The van der Waals surface area contributed by atoms with Gasteiger partial charge in [0.25, 0.3) is 0 Å². The highest BCUT2D eigenvalue weighted by molar-refractivity contribution is 5.76. The average molecular weight is 241 g/mol. The molecule has 0 bridgehead atoms. The molecule has 0 aromatic carbocycles. The lowest BCUT2D eigenvalue weighted by atomic mass is 10.0. The average Bonchev–Trinajstić information content (AvgIpc) is 2.27. The van der Waals surface area contributed by atoms with Gasteiger partial charge in [0.15, 0.2) is 0 Å². The van der Waals surface area contributed by atoms with Crippen molar-refractivity contribution in [3.05, 3.63) is 0 Å². The number of likely N-dealkylation sites (N-methyl/N-ethyl adjacent to an activating group) is 2. The van der Waals surface area contributed by atoms with Gasteiger partial charge in [-0.1, -0.05) is 13.8 Å². The molecule has 1 amide bonds. The molecule has 0 aromatic rings. The number of piperidine rings is 1. The summed E-state index contributed by atoms with van der Waals surface area (Å²) >= 11 is 0. The van der Waals surface area contributed by atoms with Crippen molar-refractivity contribution in [3.63, 3.8) is 0 Å². The van der Waals surface area contributed by atoms with Crippen LogP contribution in [-0.2, 0) is 4.79 Å². The number of amides is 1. The summed E-state index contributed by atoms with van der Waals surface area (Å²) < 4.78 is 0. The SMILES string of the molecule is CC(C)NCCC(=O)N(C)C1CCCN(C)C1. The van der Waals surface area contributed by atoms with Gasteiger partial charge in [-0.25, -0.2) is 0 Å². The monoisotopic (exact) mass is 241 g/mol. The maximum atomic E-state index is 12.0. The molecule has 0 saturated carbocycles. The van der Waals surface area contributed by atoms with E-state index in [1.807, 2.05) is 11.9 Å². The Balaban J connectivity index is 2.30. The van der Waals surface area contributed by atoms with Gasteiger partial charge in [0.1, 0.15) is 0 Å². The molecule has 1 heterocycles. The Morgan fingerprint density at radius 2 is 2.24 bits per heavy atom. The zero-order valence-electron chi connectivity index (χ0n) is 11.7. The minimum absolute atomic E-state index is 0.262. The Bertz CT molecular complexity index is 243. The molecule has 17 heavy (non-hydrogen) atoms. The maximum absolute atomic E-state index is 12.0. The lowest BCUT2D eigenvalue weighted by Gasteiger charge is -2.36. The van der Waals surface area contributed by atoms with Gasteiger partial charge in [-0.05, 0) is 26.4 Å². The molecule has 4 heteroatoms. The van der Waals surface area contributed by atoms with E-state index in [9.17, 15) is 4.79 Å². The largest absolute Gasteiger partial charge is 0.341 e. The van der Waals surface area contributed by atoms with Crippen molar-refractivity contribution in [2.45, 2.75) is 45.2 Å². The van der Waals surface area contributed by atoms with E-state index >= 15 is 0 Å². The highest BCUT2D eigenvalue weighted by Crippen LogP contribution is 2.13. The first kappa shape index (κ1) is 14.5. The molecule has 1 atom stereocenters. The van der Waals surface area contributed by atoms with Crippen LogP contribution in [0.2, 0.25) is 0 Å². The topological polar surface area (TPSA) is 35.6 Å². The van der Waals surface area contributed by atoms with E-state index in [0.717, 1.165) is 26.1 Å². The summed E-state index contributed by atoms with van der Waals surface area (Å²) in [7, 11) is 4.08. The first-order valence-electron chi connectivity index (χ1n) is 6.68. The van der Waals surface area contributed by atoms with Gasteiger partial charge in [-0.15, -0.1) is 0 Å². The van der Waals surface area contributed by atoms with Gasteiger partial charge >= 0.3 is 0 Å². The van der Waals surface area contributed by atoms with Crippen molar-refractivity contribution < 1.29 is 4.79 Å². The smallest absolute Gasteiger partial charge is 0.223 e. The van der Waals surface area contributed by atoms with E-state index in [4.69, 9.17) is 0 Å². The molecule has 1 fully saturated rings. The number of likely N-dealkylation sites (tertiary alicyclic amines) is 1. The Morgan fingerprint density at radius 1 is 1.53 bits per heavy atom. The molecule has 1 unspecified atom stereocenters. The summed E-state index contributed by atoms with van der Waals surface area (Å²) in [5.74, 6) is 0.262. The zero-order valence-corrected chi connectivity index (χ0v) is 11.7. The van der Waals surface area contributed by atoms with Crippen LogP contribution in [0.15, 0.2) is 0 Å². The number of hydrogen-bond donors (Lipinski definition) is 1. The first-order chi connectivity index (χ1) is 8.00. The first-order valence-corrected chi connectivity index (χ1v) is 6.68. The second-order valence-corrected chi connectivity index (χ2v) is 5.42. The predicted molar refractivity (Wildman–Crippen MR) is 71.0 cm³/mol. The van der Waals surface area contributed by atoms with Crippen molar-refractivity contribution >= 4 is 5.91 Å². The molecule has 0 spiro atoms. The fourth-order valence-electron chi connectivity index (χ4n) is 2.30. The van der Waals surface area contributed by atoms with Crippen molar-refractivity contribution in [2.24, 2.45) is 0 Å². The minimum atomic E-state index is 0.262. The standard InChI is InChI=1S/C13H27N3O/c1-11(2)14-8-7-13(17)16(4)12-6-5-9-15(3)10-12/h11-12,14H,5-10H2,1-4H3. The maximum Gasteiger partial charge on any atom is 0.223 e. The van der Waals surface area contributed by atoms with Crippen LogP contribution in [-0.4, -0.2) is 61.5 Å². The molecule has 1 aliphatic rings. The van der Waals surface area contributed by atoms with Gasteiger partial charge in [0, 0.05) is 38.6 Å². The molecule has 0 aromatic heterocycles. The normalized spacial score (nSPS) is 21.8. The lowest BCUT2D eigenvalue weighted by Crippen LogP contribution is -2.47. The molecule has 100 valence electrons. The van der Waals surface area contributed by atoms with Gasteiger partial charge in [0.2, 0.25) is 5.91 Å². The van der Waals surface area contributed by atoms with Crippen molar-refractivity contribution in [3.8, 4) is 0 Å². The number of carbonyl (C=O) groups is 1. The summed E-state index contributed by atoms with van der Waals surface area (Å²) in [6, 6.07) is 0.856. The van der Waals surface area contributed by atoms with E-state index < -0.39 is 0 Å². The van der Waals surface area contributed by atoms with Crippen LogP contribution in [0.1, 0.15) is 33.1 Å². The highest BCUT2D eigenvalue weighted by atomic mass is 16.2. The Labute approximate surface area is 105 Å². The molecule has 1 aliphatic heterocycles. The van der Waals surface area contributed by atoms with Gasteiger partial charge in [-0.3, -0.25) is 4.79 Å². The van der Waals surface area contributed by atoms with Crippen molar-refractivity contribution in [1.82, 2.24) is 15.1 Å². The van der Waals surface area contributed by atoms with Crippen LogP contribution in [0.4, 0.5) is 0 Å². The lowest BCUT2D eigenvalue weighted by molar-refractivity contribution is -0.132. The molecule has 1 saturated heterocycles. The molecule has 0 aliphatic carbocycles. The third kappa shape index (κ3) is 5.04. The van der Waals surface area contributed by atoms with Gasteiger partial charge in [0.05, 0.1) is 0 Å². The van der Waals surface area contributed by atoms with Crippen LogP contribution in [0.3, 0.4) is 0 Å². The van der Waals surface area contributed by atoms with E-state index in [2.05, 4.69) is 31.1 Å². The predicted octanol–water partition coefficient (Wildman–Crippen LogP) is 0.927. The molecule has 1 rings (SSSR count). The van der Waals surface area contributed by atoms with Crippen molar-refractivity contribution in [1.29, 1.82) is 0 Å². The molecular weight excluding hydrogens is 214 g/mol. The third-order valence-electron chi connectivity index (χ3n) is 3.43. The number of nitrogens with one attached hydrogen (secondary N) is 1. The Hall–Kier alpha value is -0.610. The van der Waals surface area contributed by atoms with E-state index in [-0.39, 0.29) is 5.91 Å². The fraction of sp³-hybridized carbons (Fsp3) is 0.923. The molecule has 0 radical (unpaired) electrons. The highest BCUT2D eigenvalue weighted by Gasteiger charge is 2.23. The summed E-state index contributed by atoms with van der Waals surface area (Å²) in [5.41, 5.74) is 0. The minimum Gasteiger partial charge on any atom is -0.341 e. The number of hydrogen-bond acceptors (Lipinski definition) is 3. The number of carbonyl (C=O) groups excluding carboxylic acids is 1. The summed E-state index contributed by atoms with van der Waals surface area (Å²) in [4.78, 5) is 16.2. The van der Waals surface area contributed by atoms with Gasteiger partial charge in [-0.2, -0.15) is 0 Å². The summed E-state index contributed by atoms with van der Waals surface area (Å²) in [6.45, 7) is 7.16. The zero-order chi connectivity index (χ0) is 12.8. The number of nitrogens with zero attached hydrogens (tertiary/aromatic N) is 2. The van der Waals surface area contributed by atoms with Crippen LogP contribution < -0.4 is 5.32 Å². The second-order valence-electron chi connectivity index (χ2n) is 5.42. The van der Waals surface area contributed by atoms with Crippen LogP contribution in [0.5, 0.6) is 0 Å². The summed E-state index contributed by atoms with van der Waals surface area (Å²) in [5, 5.41) is 3.29. The second kappa shape index (κ2) is 6.97. The van der Waals surface area contributed by atoms with Crippen LogP contribution in [0.25, 0.3) is 0 Å². The molecule has 4 nitrogen and oxygen atoms in total. The molecular formula is C13H27N3O. The number of rotatable bonds is 5. The Kier molecular flexibility index (Phi) is 5.92. The fourth-order valence-corrected chi connectivity index (χ4v) is 2.30. The van der Waals surface area contributed by atoms with E-state index in [0.29, 0.717) is 18.5 Å². The Morgan fingerprint density at radius 3 is 2.82 bits per heavy atom.